The van der Waals surface area contributed by atoms with Gasteiger partial charge in [-0.15, -0.1) is 0 Å². The van der Waals surface area contributed by atoms with Gasteiger partial charge >= 0.3 is 0 Å². The summed E-state index contributed by atoms with van der Waals surface area (Å²) in [5.74, 6) is -2.05. The number of hydrogen-bond acceptors (Lipinski definition) is 4. The summed E-state index contributed by atoms with van der Waals surface area (Å²) in [5, 5.41) is 0. The van der Waals surface area contributed by atoms with E-state index in [1.54, 1.807) is 24.5 Å². The number of benzene rings is 1. The molecular weight excluding hydrogens is 306 g/mol. The van der Waals surface area contributed by atoms with E-state index in [2.05, 4.69) is 9.97 Å². The number of aromatic amines is 1. The van der Waals surface area contributed by atoms with E-state index >= 15 is 0 Å². The number of nitrogens with one attached hydrogen (secondary N) is 1. The molecule has 2 heterocycles. The molecule has 0 radical (unpaired) electrons. The van der Waals surface area contributed by atoms with Crippen molar-refractivity contribution in [3.63, 3.8) is 0 Å². The van der Waals surface area contributed by atoms with Crippen molar-refractivity contribution in [1.82, 2.24) is 9.97 Å². The maximum absolute atomic E-state index is 12.7. The average Bonchev–Trinajstić information content (AvgIpc) is 3.20. The number of aromatic nitrogens is 2. The van der Waals surface area contributed by atoms with E-state index in [0.717, 1.165) is 43.1 Å². The van der Waals surface area contributed by atoms with Crippen LogP contribution in [-0.2, 0) is 14.4 Å². The molecule has 1 unspecified atom stereocenters. The van der Waals surface area contributed by atoms with Gasteiger partial charge in [0.15, 0.2) is 0 Å². The van der Waals surface area contributed by atoms with E-state index in [9.17, 15) is 14.4 Å². The second-order valence-corrected chi connectivity index (χ2v) is 6.67. The van der Waals surface area contributed by atoms with Gasteiger partial charge in [-0.1, -0.05) is 19.3 Å². The van der Waals surface area contributed by atoms with Crippen LogP contribution in [0.4, 0.5) is 5.69 Å². The first-order chi connectivity index (χ1) is 11.6. The van der Waals surface area contributed by atoms with Crippen molar-refractivity contribution in [3.8, 4) is 0 Å². The third-order valence-electron chi connectivity index (χ3n) is 5.20. The van der Waals surface area contributed by atoms with Crippen molar-refractivity contribution in [3.05, 3.63) is 24.5 Å². The summed E-state index contributed by atoms with van der Waals surface area (Å²) in [7, 11) is 0. The lowest BCUT2D eigenvalue weighted by molar-refractivity contribution is -0.140. The van der Waals surface area contributed by atoms with Gasteiger partial charge in [0, 0.05) is 18.2 Å². The van der Waals surface area contributed by atoms with Crippen LogP contribution in [0.15, 0.2) is 24.5 Å². The minimum Gasteiger partial charge on any atom is -0.345 e. The van der Waals surface area contributed by atoms with Gasteiger partial charge in [-0.05, 0) is 31.0 Å². The molecule has 2 aliphatic rings. The van der Waals surface area contributed by atoms with Crippen molar-refractivity contribution in [2.45, 2.75) is 32.1 Å². The van der Waals surface area contributed by atoms with Gasteiger partial charge in [0.1, 0.15) is 11.7 Å². The fourth-order valence-electron chi connectivity index (χ4n) is 3.84. The summed E-state index contributed by atoms with van der Waals surface area (Å²) in [5.41, 5.74) is 2.23. The molecule has 4 rings (SSSR count). The normalized spacial score (nSPS) is 22.5. The highest BCUT2D eigenvalue weighted by Gasteiger charge is 2.45. The molecule has 24 heavy (non-hydrogen) atoms. The Morgan fingerprint density at radius 2 is 1.96 bits per heavy atom. The molecule has 1 aromatic carbocycles. The smallest absolute Gasteiger partial charge is 0.295 e. The predicted octanol–water partition coefficient (Wildman–Crippen LogP) is 2.24. The first-order valence-electron chi connectivity index (χ1n) is 8.48. The molecule has 6 heteroatoms. The van der Waals surface area contributed by atoms with E-state index in [0.29, 0.717) is 5.69 Å². The molecule has 2 aromatic rings. The Bertz CT molecular complexity index is 820. The van der Waals surface area contributed by atoms with Gasteiger partial charge in [-0.3, -0.25) is 14.4 Å². The van der Waals surface area contributed by atoms with E-state index in [1.807, 2.05) is 0 Å². The molecule has 1 amide bonds. The van der Waals surface area contributed by atoms with E-state index in [1.165, 1.54) is 4.90 Å². The summed E-state index contributed by atoms with van der Waals surface area (Å²) in [6.07, 6.45) is 6.49. The van der Waals surface area contributed by atoms with Crippen molar-refractivity contribution in [1.29, 1.82) is 0 Å². The second-order valence-electron chi connectivity index (χ2n) is 6.67. The number of imidazole rings is 1. The first-order valence-corrected chi connectivity index (χ1v) is 8.48. The monoisotopic (exact) mass is 325 g/mol. The highest BCUT2D eigenvalue weighted by molar-refractivity contribution is 6.47. The third kappa shape index (κ3) is 2.42. The van der Waals surface area contributed by atoms with Gasteiger partial charge in [0.2, 0.25) is 5.78 Å². The SMILES string of the molecule is O=C1C(=O)N(c2ccc3nc[nH]c3c2)CC1C(=O)C1CCCCC1. The summed E-state index contributed by atoms with van der Waals surface area (Å²) >= 11 is 0. The topological polar surface area (TPSA) is 83.1 Å². The van der Waals surface area contributed by atoms with Crippen molar-refractivity contribution in [2.75, 3.05) is 11.4 Å². The van der Waals surface area contributed by atoms with Crippen LogP contribution in [0.1, 0.15) is 32.1 Å². The average molecular weight is 325 g/mol. The van der Waals surface area contributed by atoms with Crippen LogP contribution in [0.3, 0.4) is 0 Å². The Morgan fingerprint density at radius 1 is 1.17 bits per heavy atom. The summed E-state index contributed by atoms with van der Waals surface area (Å²) in [4.78, 5) is 46.0. The minimum absolute atomic E-state index is 0.0434. The zero-order valence-electron chi connectivity index (χ0n) is 13.3. The predicted molar refractivity (Wildman–Crippen MR) is 88.5 cm³/mol. The summed E-state index contributed by atoms with van der Waals surface area (Å²) in [6.45, 7) is 0.159. The van der Waals surface area contributed by atoms with E-state index < -0.39 is 17.6 Å². The van der Waals surface area contributed by atoms with Gasteiger partial charge in [-0.2, -0.15) is 0 Å². The Hall–Kier alpha value is -2.50. The molecule has 1 N–H and O–H groups in total. The number of nitrogens with zero attached hydrogens (tertiary/aromatic N) is 2. The van der Waals surface area contributed by atoms with Crippen LogP contribution in [0.2, 0.25) is 0 Å². The van der Waals surface area contributed by atoms with Crippen LogP contribution in [0.5, 0.6) is 0 Å². The molecule has 1 atom stereocenters. The molecule has 1 saturated heterocycles. The van der Waals surface area contributed by atoms with E-state index in [4.69, 9.17) is 0 Å². The maximum Gasteiger partial charge on any atom is 0.295 e. The number of amides is 1. The molecule has 1 saturated carbocycles. The number of Topliss-reactive ketones (excluding diaryl/α,β-unsaturated/α-hetero) is 2. The second kappa shape index (κ2) is 5.85. The Kier molecular flexibility index (Phi) is 3.67. The highest BCUT2D eigenvalue weighted by Crippen LogP contribution is 2.31. The van der Waals surface area contributed by atoms with Crippen LogP contribution in [0.25, 0.3) is 11.0 Å². The summed E-state index contributed by atoms with van der Waals surface area (Å²) < 4.78 is 0. The molecule has 2 fully saturated rings. The lowest BCUT2D eigenvalue weighted by Crippen LogP contribution is -2.31. The van der Waals surface area contributed by atoms with Gasteiger partial charge < -0.3 is 9.88 Å². The van der Waals surface area contributed by atoms with Crippen molar-refractivity contribution in [2.24, 2.45) is 11.8 Å². The van der Waals surface area contributed by atoms with Gasteiger partial charge in [0.05, 0.1) is 17.4 Å². The summed E-state index contributed by atoms with van der Waals surface area (Å²) in [6, 6.07) is 5.36. The number of rotatable bonds is 3. The van der Waals surface area contributed by atoms with Crippen molar-refractivity contribution < 1.29 is 14.4 Å². The number of carbonyl (C=O) groups excluding carboxylic acids is 3. The molecule has 1 aliphatic carbocycles. The fourth-order valence-corrected chi connectivity index (χ4v) is 3.84. The number of H-pyrrole nitrogens is 1. The third-order valence-corrected chi connectivity index (χ3v) is 5.20. The number of carbonyl (C=O) groups is 3. The molecule has 0 spiro atoms. The molecule has 0 bridgehead atoms. The van der Waals surface area contributed by atoms with Crippen molar-refractivity contribution >= 4 is 34.2 Å². The number of hydrogen-bond donors (Lipinski definition) is 1. The van der Waals surface area contributed by atoms with Crippen LogP contribution in [0, 0.1) is 11.8 Å². The van der Waals surface area contributed by atoms with Crippen LogP contribution >= 0.6 is 0 Å². The standard InChI is InChI=1S/C18H19N3O3/c22-16(11-4-2-1-3-5-11)13-9-21(18(24)17(13)23)12-6-7-14-15(8-12)20-10-19-14/h6-8,10-11,13H,1-5,9H2,(H,19,20). The number of fused-ring (bicyclic) bond motifs is 1. The molecule has 6 nitrogen and oxygen atoms in total. The molecule has 1 aliphatic heterocycles. The Labute approximate surface area is 139 Å². The lowest BCUT2D eigenvalue weighted by atomic mass is 9.81. The Morgan fingerprint density at radius 3 is 2.75 bits per heavy atom. The minimum atomic E-state index is -0.807. The van der Waals surface area contributed by atoms with E-state index in [-0.39, 0.29) is 18.2 Å². The fraction of sp³-hybridized carbons (Fsp3) is 0.444. The molecule has 1 aromatic heterocycles. The zero-order valence-corrected chi connectivity index (χ0v) is 13.3. The quantitative estimate of drug-likeness (QED) is 0.693. The van der Waals surface area contributed by atoms with Crippen LogP contribution < -0.4 is 4.90 Å². The zero-order chi connectivity index (χ0) is 16.7. The molecular formula is C18H19N3O3. The van der Waals surface area contributed by atoms with Gasteiger partial charge in [-0.25, -0.2) is 4.98 Å². The Balaban J connectivity index is 1.58. The number of anilines is 1. The highest BCUT2D eigenvalue weighted by atomic mass is 16.2. The molecule has 124 valence electrons. The van der Waals surface area contributed by atoms with Gasteiger partial charge in [0.25, 0.3) is 5.91 Å². The number of ketones is 2. The lowest BCUT2D eigenvalue weighted by Gasteiger charge is -2.22. The first kappa shape index (κ1) is 15.1. The van der Waals surface area contributed by atoms with Crippen LogP contribution in [-0.4, -0.2) is 34.0 Å². The largest absolute Gasteiger partial charge is 0.345 e. The maximum atomic E-state index is 12.7.